The number of carbonyl (C=O) groups excluding carboxylic acids is 1. The number of halogens is 3. The van der Waals surface area contributed by atoms with Gasteiger partial charge in [0.05, 0.1) is 18.2 Å². The number of rotatable bonds is 4. The molecular weight excluding hydrogens is 345 g/mol. The maximum absolute atomic E-state index is 12.5. The predicted octanol–water partition coefficient (Wildman–Crippen LogP) is 3.68. The first-order chi connectivity index (χ1) is 12.3. The second kappa shape index (κ2) is 6.99. The van der Waals surface area contributed by atoms with Crippen molar-refractivity contribution in [1.82, 2.24) is 14.8 Å². The average Bonchev–Trinajstić information content (AvgIpc) is 3.01. The van der Waals surface area contributed by atoms with Crippen molar-refractivity contribution in [3.05, 3.63) is 66.1 Å². The fraction of sp³-hybridized carbons (Fsp3) is 0.167. The van der Waals surface area contributed by atoms with Crippen molar-refractivity contribution in [3.8, 4) is 11.1 Å². The van der Waals surface area contributed by atoms with E-state index in [2.05, 4.69) is 15.4 Å². The molecule has 0 spiro atoms. The highest BCUT2D eigenvalue weighted by Crippen LogP contribution is 2.29. The third-order valence-corrected chi connectivity index (χ3v) is 3.72. The second-order valence-electron chi connectivity index (χ2n) is 5.75. The van der Waals surface area contributed by atoms with E-state index in [0.29, 0.717) is 11.4 Å². The predicted molar refractivity (Wildman–Crippen MR) is 90.2 cm³/mol. The number of carbonyl (C=O) groups is 1. The maximum atomic E-state index is 12.5. The molecule has 3 aromatic rings. The van der Waals surface area contributed by atoms with Gasteiger partial charge in [0.25, 0.3) is 0 Å². The maximum Gasteiger partial charge on any atom is 0.416 e. The second-order valence-corrected chi connectivity index (χ2v) is 5.75. The van der Waals surface area contributed by atoms with Crippen molar-refractivity contribution in [2.45, 2.75) is 12.6 Å². The Morgan fingerprint density at radius 3 is 2.35 bits per heavy atom. The summed E-state index contributed by atoms with van der Waals surface area (Å²) in [6, 6.07) is 7.97. The Morgan fingerprint density at radius 2 is 1.81 bits per heavy atom. The molecule has 0 radical (unpaired) electrons. The van der Waals surface area contributed by atoms with Crippen LogP contribution in [-0.2, 0) is 24.4 Å². The van der Waals surface area contributed by atoms with Gasteiger partial charge in [0, 0.05) is 30.6 Å². The number of nitrogens with one attached hydrogen (secondary N) is 1. The van der Waals surface area contributed by atoms with Crippen LogP contribution in [0.5, 0.6) is 0 Å². The molecule has 3 rings (SSSR count). The molecular formula is C18H15F3N4O. The van der Waals surface area contributed by atoms with E-state index in [9.17, 15) is 18.0 Å². The highest BCUT2D eigenvalue weighted by molar-refractivity contribution is 5.91. The molecule has 0 aliphatic rings. The quantitative estimate of drug-likeness (QED) is 0.772. The molecule has 1 N–H and O–H groups in total. The monoisotopic (exact) mass is 360 g/mol. The van der Waals surface area contributed by atoms with E-state index >= 15 is 0 Å². The Morgan fingerprint density at radius 1 is 1.08 bits per heavy atom. The zero-order chi connectivity index (χ0) is 18.7. The van der Waals surface area contributed by atoms with Crippen LogP contribution in [0.2, 0.25) is 0 Å². The van der Waals surface area contributed by atoms with E-state index in [-0.39, 0.29) is 12.3 Å². The van der Waals surface area contributed by atoms with Gasteiger partial charge in [0.1, 0.15) is 5.82 Å². The number of aryl methyl sites for hydroxylation is 1. The Kier molecular flexibility index (Phi) is 4.75. The van der Waals surface area contributed by atoms with Gasteiger partial charge in [-0.05, 0) is 29.8 Å². The van der Waals surface area contributed by atoms with Crippen LogP contribution in [0.25, 0.3) is 11.1 Å². The molecule has 26 heavy (non-hydrogen) atoms. The van der Waals surface area contributed by atoms with Crippen molar-refractivity contribution < 1.29 is 18.0 Å². The molecule has 0 unspecified atom stereocenters. The molecule has 0 atom stereocenters. The summed E-state index contributed by atoms with van der Waals surface area (Å²) in [4.78, 5) is 16.2. The van der Waals surface area contributed by atoms with Gasteiger partial charge in [-0.25, -0.2) is 4.98 Å². The van der Waals surface area contributed by atoms with Gasteiger partial charge in [-0.1, -0.05) is 12.1 Å². The third-order valence-electron chi connectivity index (χ3n) is 3.72. The topological polar surface area (TPSA) is 59.8 Å². The molecule has 0 aliphatic heterocycles. The minimum absolute atomic E-state index is 0.0375. The number of aromatic nitrogens is 3. The SMILES string of the molecule is Cn1cc(-c2ccc(NC(=O)Cc3ccc(C(F)(F)F)cc3)nc2)cn1. The molecule has 0 aliphatic carbocycles. The number of benzene rings is 1. The minimum atomic E-state index is -4.39. The molecule has 0 saturated carbocycles. The smallest absolute Gasteiger partial charge is 0.310 e. The summed E-state index contributed by atoms with van der Waals surface area (Å²) >= 11 is 0. The summed E-state index contributed by atoms with van der Waals surface area (Å²) in [6.45, 7) is 0. The summed E-state index contributed by atoms with van der Waals surface area (Å²) in [5.41, 5.74) is 1.51. The standard InChI is InChI=1S/C18H15F3N4O/c1-25-11-14(10-23-25)13-4-7-16(22-9-13)24-17(26)8-12-2-5-15(6-3-12)18(19,20)21/h2-7,9-11H,8H2,1H3,(H,22,24,26). The first-order valence-corrected chi connectivity index (χ1v) is 7.72. The van der Waals surface area contributed by atoms with Crippen LogP contribution in [0.4, 0.5) is 19.0 Å². The Hall–Kier alpha value is -3.16. The number of amides is 1. The lowest BCUT2D eigenvalue weighted by Gasteiger charge is -2.08. The summed E-state index contributed by atoms with van der Waals surface area (Å²) < 4.78 is 39.3. The summed E-state index contributed by atoms with van der Waals surface area (Å²) in [6.07, 6.45) is 0.745. The molecule has 2 heterocycles. The summed E-state index contributed by atoms with van der Waals surface area (Å²) in [5.74, 6) is 0.0148. The normalized spacial score (nSPS) is 11.4. The third kappa shape index (κ3) is 4.27. The first kappa shape index (κ1) is 17.7. The zero-order valence-corrected chi connectivity index (χ0v) is 13.8. The highest BCUT2D eigenvalue weighted by atomic mass is 19.4. The fourth-order valence-corrected chi connectivity index (χ4v) is 2.39. The van der Waals surface area contributed by atoms with E-state index < -0.39 is 11.7 Å². The van der Waals surface area contributed by atoms with Crippen molar-refractivity contribution >= 4 is 11.7 Å². The van der Waals surface area contributed by atoms with Gasteiger partial charge in [-0.2, -0.15) is 18.3 Å². The number of hydrogen-bond acceptors (Lipinski definition) is 3. The number of alkyl halides is 3. The molecule has 1 amide bonds. The lowest BCUT2D eigenvalue weighted by atomic mass is 10.1. The van der Waals surface area contributed by atoms with Crippen LogP contribution in [0.3, 0.4) is 0 Å². The average molecular weight is 360 g/mol. The van der Waals surface area contributed by atoms with E-state index in [0.717, 1.165) is 23.3 Å². The van der Waals surface area contributed by atoms with Gasteiger partial charge < -0.3 is 5.32 Å². The molecule has 8 heteroatoms. The molecule has 5 nitrogen and oxygen atoms in total. The van der Waals surface area contributed by atoms with Gasteiger partial charge in [0.15, 0.2) is 0 Å². The van der Waals surface area contributed by atoms with E-state index in [4.69, 9.17) is 0 Å². The van der Waals surface area contributed by atoms with Crippen LogP contribution < -0.4 is 5.32 Å². The van der Waals surface area contributed by atoms with Crippen LogP contribution in [0.1, 0.15) is 11.1 Å². The number of hydrogen-bond donors (Lipinski definition) is 1. The molecule has 0 saturated heterocycles. The largest absolute Gasteiger partial charge is 0.416 e. The lowest BCUT2D eigenvalue weighted by molar-refractivity contribution is -0.137. The van der Waals surface area contributed by atoms with Crippen molar-refractivity contribution in [2.75, 3.05) is 5.32 Å². The summed E-state index contributed by atoms with van der Waals surface area (Å²) in [5, 5.41) is 6.71. The van der Waals surface area contributed by atoms with Crippen LogP contribution in [-0.4, -0.2) is 20.7 Å². The Bertz CT molecular complexity index is 899. The first-order valence-electron chi connectivity index (χ1n) is 7.72. The molecule has 2 aromatic heterocycles. The molecule has 1 aromatic carbocycles. The van der Waals surface area contributed by atoms with Gasteiger partial charge in [0.2, 0.25) is 5.91 Å². The zero-order valence-electron chi connectivity index (χ0n) is 13.8. The fourth-order valence-electron chi connectivity index (χ4n) is 2.39. The Balaban J connectivity index is 1.61. The number of nitrogens with zero attached hydrogens (tertiary/aromatic N) is 3. The Labute approximate surface area is 147 Å². The minimum Gasteiger partial charge on any atom is -0.310 e. The van der Waals surface area contributed by atoms with Gasteiger partial charge >= 0.3 is 6.18 Å². The number of anilines is 1. The molecule has 134 valence electrons. The van der Waals surface area contributed by atoms with Crippen LogP contribution >= 0.6 is 0 Å². The van der Waals surface area contributed by atoms with E-state index in [1.807, 2.05) is 13.2 Å². The van der Waals surface area contributed by atoms with Gasteiger partial charge in [-0.3, -0.25) is 9.48 Å². The molecule has 0 bridgehead atoms. The lowest BCUT2D eigenvalue weighted by Crippen LogP contribution is -2.15. The summed E-state index contributed by atoms with van der Waals surface area (Å²) in [7, 11) is 1.81. The van der Waals surface area contributed by atoms with Crippen molar-refractivity contribution in [1.29, 1.82) is 0 Å². The van der Waals surface area contributed by atoms with Gasteiger partial charge in [-0.15, -0.1) is 0 Å². The van der Waals surface area contributed by atoms with Crippen molar-refractivity contribution in [2.24, 2.45) is 7.05 Å². The molecule has 0 fully saturated rings. The van der Waals surface area contributed by atoms with E-state index in [1.165, 1.54) is 12.1 Å². The van der Waals surface area contributed by atoms with E-state index in [1.54, 1.807) is 29.2 Å². The van der Waals surface area contributed by atoms with Crippen LogP contribution in [0.15, 0.2) is 55.0 Å². The van der Waals surface area contributed by atoms with Crippen LogP contribution in [0, 0.1) is 0 Å². The van der Waals surface area contributed by atoms with Crippen molar-refractivity contribution in [3.63, 3.8) is 0 Å². The highest BCUT2D eigenvalue weighted by Gasteiger charge is 2.29. The number of pyridine rings is 1.